The van der Waals surface area contributed by atoms with Crippen molar-refractivity contribution >= 4 is 33.8 Å². The van der Waals surface area contributed by atoms with Crippen molar-refractivity contribution < 1.29 is 9.53 Å². The molecule has 0 aromatic heterocycles. The van der Waals surface area contributed by atoms with E-state index in [1.54, 1.807) is 18.2 Å². The molecule has 0 atom stereocenters. The summed E-state index contributed by atoms with van der Waals surface area (Å²) in [7, 11) is 0. The molecule has 0 radical (unpaired) electrons. The second-order valence-corrected chi connectivity index (χ2v) is 5.01. The molecule has 2 nitrogen and oxygen atoms in total. The lowest BCUT2D eigenvalue weighted by molar-refractivity contribution is 0.111. The van der Waals surface area contributed by atoms with Gasteiger partial charge in [0.15, 0.2) is 6.29 Å². The molecule has 0 spiro atoms. The van der Waals surface area contributed by atoms with Crippen LogP contribution in [-0.2, 0) is 6.61 Å². The number of hydrogen-bond donors (Lipinski definition) is 0. The predicted molar refractivity (Wildman–Crippen MR) is 75.3 cm³/mol. The van der Waals surface area contributed by atoms with Crippen LogP contribution in [0.15, 0.2) is 46.9 Å². The number of carbonyl (C=O) groups is 1. The molecule has 0 heterocycles. The SMILES string of the molecule is O=Cc1cccc(Cl)c1OCc1ccc(Br)cc1. The molecule has 0 amide bonds. The van der Waals surface area contributed by atoms with Gasteiger partial charge in [0.1, 0.15) is 12.4 Å². The largest absolute Gasteiger partial charge is 0.487 e. The van der Waals surface area contributed by atoms with Gasteiger partial charge in [-0.15, -0.1) is 0 Å². The van der Waals surface area contributed by atoms with E-state index >= 15 is 0 Å². The topological polar surface area (TPSA) is 26.3 Å². The van der Waals surface area contributed by atoms with Crippen molar-refractivity contribution in [2.24, 2.45) is 0 Å². The van der Waals surface area contributed by atoms with Gasteiger partial charge in [0.25, 0.3) is 0 Å². The molecular formula is C14H10BrClO2. The molecule has 0 aliphatic rings. The van der Waals surface area contributed by atoms with E-state index in [0.717, 1.165) is 16.3 Å². The van der Waals surface area contributed by atoms with Crippen molar-refractivity contribution in [1.82, 2.24) is 0 Å². The number of ether oxygens (including phenoxy) is 1. The van der Waals surface area contributed by atoms with E-state index in [9.17, 15) is 4.79 Å². The first-order chi connectivity index (χ1) is 8.70. The van der Waals surface area contributed by atoms with E-state index in [4.69, 9.17) is 16.3 Å². The Bertz CT molecular complexity index is 552. The third-order valence-corrected chi connectivity index (χ3v) is 3.25. The Morgan fingerprint density at radius 1 is 1.17 bits per heavy atom. The maximum Gasteiger partial charge on any atom is 0.153 e. The zero-order valence-corrected chi connectivity index (χ0v) is 11.7. The van der Waals surface area contributed by atoms with Crippen molar-refractivity contribution in [2.45, 2.75) is 6.61 Å². The van der Waals surface area contributed by atoms with E-state index in [2.05, 4.69) is 15.9 Å². The minimum atomic E-state index is 0.373. The Morgan fingerprint density at radius 2 is 1.89 bits per heavy atom. The molecule has 0 fully saturated rings. The molecule has 0 aliphatic heterocycles. The van der Waals surface area contributed by atoms with Crippen LogP contribution in [0.2, 0.25) is 5.02 Å². The Labute approximate surface area is 119 Å². The third-order valence-electron chi connectivity index (χ3n) is 2.42. The second kappa shape index (κ2) is 6.03. The number of benzene rings is 2. The molecule has 0 unspecified atom stereocenters. The zero-order chi connectivity index (χ0) is 13.0. The van der Waals surface area contributed by atoms with Crippen LogP contribution in [-0.4, -0.2) is 6.29 Å². The van der Waals surface area contributed by atoms with Gasteiger partial charge in [-0.1, -0.05) is 45.7 Å². The first kappa shape index (κ1) is 13.1. The smallest absolute Gasteiger partial charge is 0.153 e. The average molecular weight is 326 g/mol. The minimum Gasteiger partial charge on any atom is -0.487 e. The van der Waals surface area contributed by atoms with E-state index in [0.29, 0.717) is 22.9 Å². The van der Waals surface area contributed by atoms with Crippen LogP contribution in [0.3, 0.4) is 0 Å². The van der Waals surface area contributed by atoms with E-state index in [1.807, 2.05) is 24.3 Å². The van der Waals surface area contributed by atoms with Crippen LogP contribution in [0.5, 0.6) is 5.75 Å². The number of para-hydroxylation sites is 1. The Balaban J connectivity index is 2.15. The molecule has 0 saturated carbocycles. The van der Waals surface area contributed by atoms with Crippen LogP contribution >= 0.6 is 27.5 Å². The van der Waals surface area contributed by atoms with Crippen molar-refractivity contribution in [3.05, 3.63) is 63.1 Å². The zero-order valence-electron chi connectivity index (χ0n) is 9.40. The highest BCUT2D eigenvalue weighted by Crippen LogP contribution is 2.28. The molecule has 0 N–H and O–H groups in total. The van der Waals surface area contributed by atoms with Crippen LogP contribution in [0, 0.1) is 0 Å². The number of halogens is 2. The fourth-order valence-electron chi connectivity index (χ4n) is 1.51. The summed E-state index contributed by atoms with van der Waals surface area (Å²) in [6, 6.07) is 12.9. The fourth-order valence-corrected chi connectivity index (χ4v) is 2.01. The van der Waals surface area contributed by atoms with Gasteiger partial charge in [0.05, 0.1) is 10.6 Å². The lowest BCUT2D eigenvalue weighted by Gasteiger charge is -2.10. The van der Waals surface area contributed by atoms with Gasteiger partial charge in [0, 0.05) is 4.47 Å². The summed E-state index contributed by atoms with van der Waals surface area (Å²) in [5.41, 5.74) is 1.47. The number of rotatable bonds is 4. The van der Waals surface area contributed by atoms with Crippen LogP contribution in [0.4, 0.5) is 0 Å². The first-order valence-electron chi connectivity index (χ1n) is 5.31. The summed E-state index contributed by atoms with van der Waals surface area (Å²) < 4.78 is 6.62. The van der Waals surface area contributed by atoms with Gasteiger partial charge in [-0.05, 0) is 29.8 Å². The summed E-state index contributed by atoms with van der Waals surface area (Å²) in [4.78, 5) is 10.9. The molecule has 0 bridgehead atoms. The lowest BCUT2D eigenvalue weighted by Crippen LogP contribution is -1.98. The van der Waals surface area contributed by atoms with Crippen LogP contribution in [0.25, 0.3) is 0 Å². The second-order valence-electron chi connectivity index (χ2n) is 3.69. The summed E-state index contributed by atoms with van der Waals surface area (Å²) >= 11 is 9.38. The number of carbonyl (C=O) groups excluding carboxylic acids is 1. The molecule has 0 aliphatic carbocycles. The van der Waals surface area contributed by atoms with Crippen molar-refractivity contribution in [1.29, 1.82) is 0 Å². The summed E-state index contributed by atoms with van der Waals surface area (Å²) in [5.74, 6) is 0.428. The van der Waals surface area contributed by atoms with Crippen molar-refractivity contribution in [3.63, 3.8) is 0 Å². The van der Waals surface area contributed by atoms with Crippen LogP contribution < -0.4 is 4.74 Å². The van der Waals surface area contributed by atoms with Crippen molar-refractivity contribution in [3.8, 4) is 5.75 Å². The predicted octanol–water partition coefficient (Wildman–Crippen LogP) is 4.49. The standard InChI is InChI=1S/C14H10BrClO2/c15-12-6-4-10(5-7-12)9-18-14-11(8-17)2-1-3-13(14)16/h1-8H,9H2. The molecule has 2 rings (SSSR count). The number of aldehydes is 1. The molecule has 4 heteroatoms. The molecule has 18 heavy (non-hydrogen) atoms. The Kier molecular flexibility index (Phi) is 4.39. The highest BCUT2D eigenvalue weighted by molar-refractivity contribution is 9.10. The van der Waals surface area contributed by atoms with Crippen LogP contribution in [0.1, 0.15) is 15.9 Å². The average Bonchev–Trinajstić information content (AvgIpc) is 2.39. The van der Waals surface area contributed by atoms with Crippen molar-refractivity contribution in [2.75, 3.05) is 0 Å². The van der Waals surface area contributed by atoms with E-state index in [1.165, 1.54) is 0 Å². The quantitative estimate of drug-likeness (QED) is 0.774. The third kappa shape index (κ3) is 3.12. The first-order valence-corrected chi connectivity index (χ1v) is 6.49. The van der Waals surface area contributed by atoms with Gasteiger partial charge < -0.3 is 4.74 Å². The molecule has 0 saturated heterocycles. The monoisotopic (exact) mass is 324 g/mol. The Morgan fingerprint density at radius 3 is 2.56 bits per heavy atom. The lowest BCUT2D eigenvalue weighted by atomic mass is 10.2. The minimum absolute atomic E-state index is 0.373. The highest BCUT2D eigenvalue weighted by atomic mass is 79.9. The molecule has 92 valence electrons. The summed E-state index contributed by atoms with van der Waals surface area (Å²) in [5, 5.41) is 0.441. The maximum absolute atomic E-state index is 10.9. The normalized spacial score (nSPS) is 10.1. The number of hydrogen-bond acceptors (Lipinski definition) is 2. The highest BCUT2D eigenvalue weighted by Gasteiger charge is 2.07. The van der Waals surface area contributed by atoms with E-state index < -0.39 is 0 Å². The van der Waals surface area contributed by atoms with E-state index in [-0.39, 0.29) is 0 Å². The molecular weight excluding hydrogens is 316 g/mol. The van der Waals surface area contributed by atoms with Gasteiger partial charge in [-0.3, -0.25) is 4.79 Å². The fraction of sp³-hybridized carbons (Fsp3) is 0.0714. The van der Waals surface area contributed by atoms with Gasteiger partial charge in [-0.2, -0.15) is 0 Å². The Hall–Kier alpha value is -1.32. The molecule has 2 aromatic rings. The van der Waals surface area contributed by atoms with Gasteiger partial charge >= 0.3 is 0 Å². The summed E-state index contributed by atoms with van der Waals surface area (Å²) in [6.07, 6.45) is 0.739. The van der Waals surface area contributed by atoms with Gasteiger partial charge in [0.2, 0.25) is 0 Å². The van der Waals surface area contributed by atoms with Gasteiger partial charge in [-0.25, -0.2) is 0 Å². The molecule has 2 aromatic carbocycles. The maximum atomic E-state index is 10.9. The summed E-state index contributed by atoms with van der Waals surface area (Å²) in [6.45, 7) is 0.373.